The van der Waals surface area contributed by atoms with Gasteiger partial charge >= 0.3 is 12.4 Å². The van der Waals surface area contributed by atoms with Crippen LogP contribution in [-0.4, -0.2) is 28.4 Å². The van der Waals surface area contributed by atoms with Crippen molar-refractivity contribution in [3.63, 3.8) is 0 Å². The van der Waals surface area contributed by atoms with E-state index in [1.807, 2.05) is 0 Å². The Bertz CT molecular complexity index is 1680. The van der Waals surface area contributed by atoms with Gasteiger partial charge in [0.2, 0.25) is 5.91 Å². The fourth-order valence-corrected chi connectivity index (χ4v) is 4.55. The molecule has 1 atom stereocenters. The third-order valence-corrected chi connectivity index (χ3v) is 6.44. The smallest absolute Gasteiger partial charge is 0.355 e. The van der Waals surface area contributed by atoms with Crippen LogP contribution < -0.4 is 10.6 Å². The zero-order valence-corrected chi connectivity index (χ0v) is 22.5. The van der Waals surface area contributed by atoms with Crippen LogP contribution in [0.15, 0.2) is 67.0 Å². The van der Waals surface area contributed by atoms with E-state index < -0.39 is 65.5 Å². The molecule has 6 nitrogen and oxygen atoms in total. The number of pyridine rings is 1. The first kappa shape index (κ1) is 32.1. The van der Waals surface area contributed by atoms with Crippen LogP contribution in [0.5, 0.6) is 0 Å². The molecule has 0 aliphatic heterocycles. The molecule has 232 valence electrons. The summed E-state index contributed by atoms with van der Waals surface area (Å²) in [5, 5.41) is 4.68. The summed E-state index contributed by atoms with van der Waals surface area (Å²) in [6, 6.07) is 7.41. The van der Waals surface area contributed by atoms with Crippen LogP contribution in [0.4, 0.5) is 39.5 Å². The number of carbonyl (C=O) groups excluding carboxylic acids is 2. The van der Waals surface area contributed by atoms with E-state index in [1.165, 1.54) is 37.5 Å². The van der Waals surface area contributed by atoms with Crippen molar-refractivity contribution >= 4 is 11.8 Å². The van der Waals surface area contributed by atoms with Gasteiger partial charge < -0.3 is 15.2 Å². The third kappa shape index (κ3) is 7.38. The third-order valence-electron chi connectivity index (χ3n) is 6.44. The second-order valence-electron chi connectivity index (χ2n) is 9.55. The normalized spacial score (nSPS) is 12.6. The van der Waals surface area contributed by atoms with E-state index in [0.717, 1.165) is 18.2 Å². The van der Waals surface area contributed by atoms with Gasteiger partial charge in [0.15, 0.2) is 0 Å². The molecule has 0 bridgehead atoms. The van der Waals surface area contributed by atoms with E-state index in [9.17, 15) is 49.1 Å². The van der Waals surface area contributed by atoms with Crippen molar-refractivity contribution in [2.24, 2.45) is 0 Å². The van der Waals surface area contributed by atoms with Gasteiger partial charge in [-0.1, -0.05) is 12.1 Å². The highest BCUT2D eigenvalue weighted by molar-refractivity contribution is 5.95. The molecule has 2 aromatic carbocycles. The van der Waals surface area contributed by atoms with Crippen molar-refractivity contribution in [2.75, 3.05) is 7.05 Å². The summed E-state index contributed by atoms with van der Waals surface area (Å²) in [6.45, 7) is -1.21. The summed E-state index contributed by atoms with van der Waals surface area (Å²) in [6.07, 6.45) is -9.32. The molecular formula is C29H21F9N4O2. The lowest BCUT2D eigenvalue weighted by Crippen LogP contribution is -2.34. The number of rotatable bonds is 8. The number of hydrogen-bond donors (Lipinski definition) is 2. The van der Waals surface area contributed by atoms with E-state index in [-0.39, 0.29) is 51.2 Å². The van der Waals surface area contributed by atoms with Crippen molar-refractivity contribution in [3.05, 3.63) is 113 Å². The van der Waals surface area contributed by atoms with Crippen LogP contribution >= 0.6 is 0 Å². The van der Waals surface area contributed by atoms with Gasteiger partial charge in [0, 0.05) is 31.1 Å². The fourth-order valence-electron chi connectivity index (χ4n) is 4.55. The number of amides is 2. The second kappa shape index (κ2) is 12.4. The number of hydrogen-bond acceptors (Lipinski definition) is 3. The Hall–Kier alpha value is -4.82. The Kier molecular flexibility index (Phi) is 9.06. The molecule has 4 rings (SSSR count). The molecule has 2 N–H and O–H groups in total. The number of nitrogens with zero attached hydrogens (tertiary/aromatic N) is 2. The van der Waals surface area contributed by atoms with Gasteiger partial charge in [-0.15, -0.1) is 0 Å². The highest BCUT2D eigenvalue weighted by Crippen LogP contribution is 2.37. The van der Waals surface area contributed by atoms with Gasteiger partial charge in [0.05, 0.1) is 22.9 Å². The van der Waals surface area contributed by atoms with E-state index >= 15 is 0 Å². The summed E-state index contributed by atoms with van der Waals surface area (Å²) in [5.41, 5.74) is -3.28. The van der Waals surface area contributed by atoms with Crippen LogP contribution in [0.2, 0.25) is 0 Å². The van der Waals surface area contributed by atoms with Crippen molar-refractivity contribution in [1.29, 1.82) is 0 Å². The van der Waals surface area contributed by atoms with Crippen LogP contribution in [0.25, 0.3) is 11.1 Å². The maximum atomic E-state index is 14.4. The minimum Gasteiger partial charge on any atom is -0.355 e. The number of alkyl halides is 6. The summed E-state index contributed by atoms with van der Waals surface area (Å²) in [4.78, 5) is 29.5. The summed E-state index contributed by atoms with van der Waals surface area (Å²) < 4.78 is 123. The lowest BCUT2D eigenvalue weighted by atomic mass is 9.94. The standard InChI is InChI=1S/C29H21F9N4O2/c1-39-27(44)21-10-16(4-5-22(21)32)20-3-2-6-40-26(20)23(9-15-7-18(30)12-19(31)8-15)41-25(43)14-42-13-17(28(33,34)35)11-24(42)29(36,37)38/h2-8,10-13,23H,9,14H2,1H3,(H,39,44)(H,41,43)/t23-/m0/s1. The lowest BCUT2D eigenvalue weighted by Gasteiger charge is -2.22. The molecule has 0 spiro atoms. The summed E-state index contributed by atoms with van der Waals surface area (Å²) in [5.74, 6) is -4.75. The van der Waals surface area contributed by atoms with Gasteiger partial charge in [-0.05, 0) is 53.9 Å². The Morgan fingerprint density at radius 1 is 0.909 bits per heavy atom. The molecule has 2 heterocycles. The molecule has 0 saturated carbocycles. The molecule has 0 fully saturated rings. The van der Waals surface area contributed by atoms with Crippen molar-refractivity contribution in [3.8, 4) is 11.1 Å². The van der Waals surface area contributed by atoms with E-state index in [4.69, 9.17) is 0 Å². The lowest BCUT2D eigenvalue weighted by molar-refractivity contribution is -0.144. The summed E-state index contributed by atoms with van der Waals surface area (Å²) in [7, 11) is 1.28. The Morgan fingerprint density at radius 3 is 2.20 bits per heavy atom. The Balaban J connectivity index is 1.77. The largest absolute Gasteiger partial charge is 0.431 e. The van der Waals surface area contributed by atoms with Gasteiger partial charge in [0.1, 0.15) is 29.7 Å². The van der Waals surface area contributed by atoms with Gasteiger partial charge in [0.25, 0.3) is 5.91 Å². The SMILES string of the molecule is CNC(=O)c1cc(-c2cccnc2[C@H](Cc2cc(F)cc(F)c2)NC(=O)Cn2cc(C(F)(F)F)cc2C(F)(F)F)ccc1F. The molecule has 2 amide bonds. The highest BCUT2D eigenvalue weighted by Gasteiger charge is 2.40. The average molecular weight is 628 g/mol. The van der Waals surface area contributed by atoms with Crippen LogP contribution in [0.1, 0.15) is 38.9 Å². The topological polar surface area (TPSA) is 76.0 Å². The molecule has 0 radical (unpaired) electrons. The fraction of sp³-hybridized carbons (Fsp3) is 0.207. The first-order valence-electron chi connectivity index (χ1n) is 12.6. The number of halogens is 9. The quantitative estimate of drug-likeness (QED) is 0.220. The first-order valence-corrected chi connectivity index (χ1v) is 12.6. The molecule has 0 saturated heterocycles. The van der Waals surface area contributed by atoms with Crippen LogP contribution in [0.3, 0.4) is 0 Å². The van der Waals surface area contributed by atoms with E-state index in [0.29, 0.717) is 6.07 Å². The predicted octanol–water partition coefficient (Wildman–Crippen LogP) is 6.46. The number of nitrogens with one attached hydrogen (secondary N) is 2. The first-order chi connectivity index (χ1) is 20.6. The molecule has 0 aliphatic rings. The predicted molar refractivity (Wildman–Crippen MR) is 138 cm³/mol. The summed E-state index contributed by atoms with van der Waals surface area (Å²) >= 11 is 0. The molecular weight excluding hydrogens is 607 g/mol. The van der Waals surface area contributed by atoms with Crippen LogP contribution in [0, 0.1) is 17.5 Å². The molecule has 44 heavy (non-hydrogen) atoms. The maximum absolute atomic E-state index is 14.4. The number of carbonyl (C=O) groups is 2. The van der Waals surface area contributed by atoms with Gasteiger partial charge in [-0.3, -0.25) is 14.6 Å². The average Bonchev–Trinajstić information content (AvgIpc) is 3.37. The molecule has 4 aromatic rings. The molecule has 0 unspecified atom stereocenters. The minimum absolute atomic E-state index is 0.000448. The Morgan fingerprint density at radius 2 is 1.59 bits per heavy atom. The number of benzene rings is 2. The highest BCUT2D eigenvalue weighted by atomic mass is 19.4. The maximum Gasteiger partial charge on any atom is 0.431 e. The van der Waals surface area contributed by atoms with Crippen molar-refractivity contribution in [2.45, 2.75) is 31.4 Å². The molecule has 15 heteroatoms. The zero-order valence-electron chi connectivity index (χ0n) is 22.5. The molecule has 2 aromatic heterocycles. The van der Waals surface area contributed by atoms with Crippen molar-refractivity contribution in [1.82, 2.24) is 20.2 Å². The van der Waals surface area contributed by atoms with Crippen LogP contribution in [-0.2, 0) is 30.1 Å². The van der Waals surface area contributed by atoms with E-state index in [2.05, 4.69) is 15.6 Å². The van der Waals surface area contributed by atoms with Gasteiger partial charge in [-0.25, -0.2) is 13.2 Å². The minimum atomic E-state index is -5.23. The van der Waals surface area contributed by atoms with Crippen molar-refractivity contribution < 1.29 is 49.1 Å². The second-order valence-corrected chi connectivity index (χ2v) is 9.55. The zero-order chi connectivity index (χ0) is 32.4. The Labute approximate surface area is 243 Å². The molecule has 0 aliphatic carbocycles. The number of aromatic nitrogens is 2. The van der Waals surface area contributed by atoms with Gasteiger partial charge in [-0.2, -0.15) is 26.3 Å². The van der Waals surface area contributed by atoms with E-state index in [1.54, 1.807) is 0 Å². The monoisotopic (exact) mass is 628 g/mol.